The first-order valence-electron chi connectivity index (χ1n) is 9.75. The van der Waals surface area contributed by atoms with E-state index in [0.717, 1.165) is 31.1 Å². The molecule has 4 aliphatic carbocycles. The Hall–Kier alpha value is -1.32. The molecule has 0 aromatic heterocycles. The minimum absolute atomic E-state index is 0.240. The SMILES string of the molecule is CCCOC(=O)C1=C(C(=O)OCCC)C2CC1C1C3CCC(C3)C21. The molecule has 4 rings (SSSR count). The van der Waals surface area contributed by atoms with E-state index in [9.17, 15) is 9.59 Å². The van der Waals surface area contributed by atoms with Crippen molar-refractivity contribution in [1.82, 2.24) is 0 Å². The standard InChI is InChI=1S/C20H28O4/c1-3-7-23-19(21)17-13-10-14(18(17)20(22)24-8-4-2)16-12-6-5-11(9-12)15(13)16/h11-16H,3-10H2,1-2H3. The molecule has 24 heavy (non-hydrogen) atoms. The van der Waals surface area contributed by atoms with Gasteiger partial charge in [0.05, 0.1) is 24.4 Å². The third-order valence-corrected chi connectivity index (χ3v) is 6.83. The van der Waals surface area contributed by atoms with Crippen LogP contribution in [0.3, 0.4) is 0 Å². The number of hydrogen-bond donors (Lipinski definition) is 0. The second-order valence-corrected chi connectivity index (χ2v) is 8.04. The van der Waals surface area contributed by atoms with E-state index in [4.69, 9.17) is 9.47 Å². The molecule has 0 saturated heterocycles. The van der Waals surface area contributed by atoms with Gasteiger partial charge in [0.25, 0.3) is 0 Å². The van der Waals surface area contributed by atoms with E-state index in [-0.39, 0.29) is 23.8 Å². The molecule has 4 nitrogen and oxygen atoms in total. The molecule has 0 radical (unpaired) electrons. The van der Waals surface area contributed by atoms with Gasteiger partial charge in [0, 0.05) is 0 Å². The summed E-state index contributed by atoms with van der Waals surface area (Å²) in [6, 6.07) is 0. The van der Waals surface area contributed by atoms with E-state index in [2.05, 4.69) is 0 Å². The first kappa shape index (κ1) is 16.2. The summed E-state index contributed by atoms with van der Waals surface area (Å²) in [5.74, 6) is 2.71. The summed E-state index contributed by atoms with van der Waals surface area (Å²) in [4.78, 5) is 25.4. The second-order valence-electron chi connectivity index (χ2n) is 8.04. The average molecular weight is 332 g/mol. The number of rotatable bonds is 6. The Morgan fingerprint density at radius 3 is 1.71 bits per heavy atom. The second kappa shape index (κ2) is 6.20. The topological polar surface area (TPSA) is 52.6 Å². The molecule has 0 spiro atoms. The highest BCUT2D eigenvalue weighted by atomic mass is 16.5. The molecular formula is C20H28O4. The summed E-state index contributed by atoms with van der Waals surface area (Å²) < 4.78 is 10.9. The predicted octanol–water partition coefficient (Wildman–Crippen LogP) is 3.50. The number of fused-ring (bicyclic) bond motifs is 9. The van der Waals surface area contributed by atoms with Gasteiger partial charge >= 0.3 is 11.9 Å². The largest absolute Gasteiger partial charge is 0.462 e. The Labute approximate surface area is 144 Å². The molecule has 0 aliphatic heterocycles. The van der Waals surface area contributed by atoms with Crippen molar-refractivity contribution in [1.29, 1.82) is 0 Å². The Kier molecular flexibility index (Phi) is 4.17. The van der Waals surface area contributed by atoms with Crippen molar-refractivity contribution in [2.24, 2.45) is 35.5 Å². The maximum absolute atomic E-state index is 12.7. The normalized spacial score (nSPS) is 38.6. The first-order chi connectivity index (χ1) is 11.7. The van der Waals surface area contributed by atoms with Gasteiger partial charge in [-0.2, -0.15) is 0 Å². The number of hydrogen-bond acceptors (Lipinski definition) is 4. The minimum Gasteiger partial charge on any atom is -0.462 e. The van der Waals surface area contributed by atoms with Crippen LogP contribution in [0.2, 0.25) is 0 Å². The Morgan fingerprint density at radius 1 is 0.833 bits per heavy atom. The molecule has 0 aromatic carbocycles. The molecule has 6 unspecified atom stereocenters. The minimum atomic E-state index is -0.256. The van der Waals surface area contributed by atoms with Crippen LogP contribution in [0.15, 0.2) is 11.1 Å². The smallest absolute Gasteiger partial charge is 0.334 e. The summed E-state index contributed by atoms with van der Waals surface area (Å²) in [6.45, 7) is 4.84. The van der Waals surface area contributed by atoms with Crippen LogP contribution in [0.1, 0.15) is 52.4 Å². The van der Waals surface area contributed by atoms with E-state index < -0.39 is 0 Å². The number of carbonyl (C=O) groups is 2. The van der Waals surface area contributed by atoms with Gasteiger partial charge in [-0.1, -0.05) is 13.8 Å². The van der Waals surface area contributed by atoms with Crippen LogP contribution in [0, 0.1) is 35.5 Å². The van der Waals surface area contributed by atoms with Gasteiger partial charge < -0.3 is 9.47 Å². The van der Waals surface area contributed by atoms with Crippen LogP contribution in [-0.4, -0.2) is 25.2 Å². The fourth-order valence-electron chi connectivity index (χ4n) is 6.25. The highest BCUT2D eigenvalue weighted by Gasteiger charge is 2.64. The van der Waals surface area contributed by atoms with E-state index in [1.54, 1.807) is 0 Å². The number of esters is 2. The van der Waals surface area contributed by atoms with Crippen molar-refractivity contribution in [3.8, 4) is 0 Å². The monoisotopic (exact) mass is 332 g/mol. The molecule has 4 heteroatoms. The van der Waals surface area contributed by atoms with Gasteiger partial charge in [0.15, 0.2) is 0 Å². The Balaban J connectivity index is 1.66. The lowest BCUT2D eigenvalue weighted by Crippen LogP contribution is -2.34. The predicted molar refractivity (Wildman–Crippen MR) is 88.9 cm³/mol. The van der Waals surface area contributed by atoms with Crippen molar-refractivity contribution in [2.45, 2.75) is 52.4 Å². The lowest BCUT2D eigenvalue weighted by Gasteiger charge is -2.35. The maximum Gasteiger partial charge on any atom is 0.334 e. The lowest BCUT2D eigenvalue weighted by molar-refractivity contribution is -0.143. The van der Waals surface area contributed by atoms with Crippen LogP contribution < -0.4 is 0 Å². The van der Waals surface area contributed by atoms with E-state index in [1.807, 2.05) is 13.8 Å². The van der Waals surface area contributed by atoms with Crippen molar-refractivity contribution >= 4 is 11.9 Å². The zero-order valence-electron chi connectivity index (χ0n) is 14.8. The van der Waals surface area contributed by atoms with E-state index in [1.165, 1.54) is 19.3 Å². The summed E-state index contributed by atoms with van der Waals surface area (Å²) in [7, 11) is 0. The first-order valence-corrected chi connectivity index (χ1v) is 9.75. The van der Waals surface area contributed by atoms with Gasteiger partial charge in [0.2, 0.25) is 0 Å². The maximum atomic E-state index is 12.7. The van der Waals surface area contributed by atoms with Crippen LogP contribution in [0.5, 0.6) is 0 Å². The molecular weight excluding hydrogens is 304 g/mol. The summed E-state index contributed by atoms with van der Waals surface area (Å²) in [6.07, 6.45) is 6.50. The summed E-state index contributed by atoms with van der Waals surface area (Å²) >= 11 is 0. The van der Waals surface area contributed by atoms with Gasteiger partial charge in [0.1, 0.15) is 0 Å². The van der Waals surface area contributed by atoms with Crippen LogP contribution in [0.25, 0.3) is 0 Å². The third kappa shape index (κ3) is 2.25. The Morgan fingerprint density at radius 2 is 1.29 bits per heavy atom. The molecule has 4 bridgehead atoms. The average Bonchev–Trinajstić information content (AvgIpc) is 3.34. The zero-order valence-corrected chi connectivity index (χ0v) is 14.8. The van der Waals surface area contributed by atoms with Crippen LogP contribution >= 0.6 is 0 Å². The molecule has 4 aliphatic rings. The van der Waals surface area contributed by atoms with Gasteiger partial charge in [-0.15, -0.1) is 0 Å². The lowest BCUT2D eigenvalue weighted by atomic mass is 9.69. The van der Waals surface area contributed by atoms with Crippen LogP contribution in [0.4, 0.5) is 0 Å². The van der Waals surface area contributed by atoms with Gasteiger partial charge in [-0.05, 0) is 74.0 Å². The number of carbonyl (C=O) groups excluding carboxylic acids is 2. The molecule has 132 valence electrons. The zero-order chi connectivity index (χ0) is 16.8. The summed E-state index contributed by atoms with van der Waals surface area (Å²) in [5.41, 5.74) is 1.37. The fourth-order valence-corrected chi connectivity index (χ4v) is 6.25. The molecule has 0 heterocycles. The highest BCUT2D eigenvalue weighted by molar-refractivity contribution is 6.02. The van der Waals surface area contributed by atoms with Gasteiger partial charge in [-0.25, -0.2) is 9.59 Å². The van der Waals surface area contributed by atoms with Gasteiger partial charge in [-0.3, -0.25) is 0 Å². The Bertz CT molecular complexity index is 530. The van der Waals surface area contributed by atoms with Crippen molar-refractivity contribution < 1.29 is 19.1 Å². The van der Waals surface area contributed by atoms with E-state index >= 15 is 0 Å². The van der Waals surface area contributed by atoms with Crippen molar-refractivity contribution in [3.63, 3.8) is 0 Å². The summed E-state index contributed by atoms with van der Waals surface area (Å²) in [5, 5.41) is 0. The quantitative estimate of drug-likeness (QED) is 0.552. The van der Waals surface area contributed by atoms with E-state index in [0.29, 0.717) is 36.2 Å². The van der Waals surface area contributed by atoms with Crippen LogP contribution in [-0.2, 0) is 19.1 Å². The molecule has 3 saturated carbocycles. The third-order valence-electron chi connectivity index (χ3n) is 6.83. The molecule has 3 fully saturated rings. The molecule has 6 atom stereocenters. The van der Waals surface area contributed by atoms with Crippen molar-refractivity contribution in [2.75, 3.05) is 13.2 Å². The fraction of sp³-hybridized carbons (Fsp3) is 0.800. The number of ether oxygens (including phenoxy) is 2. The van der Waals surface area contributed by atoms with Crippen molar-refractivity contribution in [3.05, 3.63) is 11.1 Å². The molecule has 0 N–H and O–H groups in total. The highest BCUT2D eigenvalue weighted by Crippen LogP contribution is 2.68. The molecule has 0 aromatic rings. The molecule has 0 amide bonds.